The summed E-state index contributed by atoms with van der Waals surface area (Å²) in [6.07, 6.45) is 3.48. The van der Waals surface area contributed by atoms with Crippen LogP contribution in [0.3, 0.4) is 0 Å². The summed E-state index contributed by atoms with van der Waals surface area (Å²) in [7, 11) is 0. The summed E-state index contributed by atoms with van der Waals surface area (Å²) in [4.78, 5) is 20.6. The predicted molar refractivity (Wildman–Crippen MR) is 83.8 cm³/mol. The van der Waals surface area contributed by atoms with Gasteiger partial charge in [0.15, 0.2) is 11.0 Å². The van der Waals surface area contributed by atoms with Gasteiger partial charge in [0.2, 0.25) is 0 Å². The lowest BCUT2D eigenvalue weighted by Gasteiger charge is -2.34. The van der Waals surface area contributed by atoms with Crippen molar-refractivity contribution in [1.82, 2.24) is 30.0 Å². The quantitative estimate of drug-likeness (QED) is 0.900. The largest absolute Gasteiger partial charge is 0.345 e. The maximum absolute atomic E-state index is 12.2. The van der Waals surface area contributed by atoms with Crippen LogP contribution in [0.25, 0.3) is 0 Å². The molecule has 0 spiro atoms. The monoisotopic (exact) mass is 321 g/mol. The van der Waals surface area contributed by atoms with Crippen LogP contribution in [0.15, 0.2) is 17.9 Å². The van der Waals surface area contributed by atoms with E-state index < -0.39 is 0 Å². The van der Waals surface area contributed by atoms with Crippen molar-refractivity contribution in [2.75, 3.05) is 31.1 Å². The fraction of sp³-hybridized carbons (Fsp3) is 0.538. The highest BCUT2D eigenvalue weighted by Gasteiger charge is 2.22. The van der Waals surface area contributed by atoms with Gasteiger partial charge < -0.3 is 19.7 Å². The van der Waals surface area contributed by atoms with E-state index in [2.05, 4.69) is 25.4 Å². The van der Waals surface area contributed by atoms with Gasteiger partial charge in [0.05, 0.1) is 6.54 Å². The predicted octanol–water partition coefficient (Wildman–Crippen LogP) is 0.786. The number of anilines is 1. The first-order valence-electron chi connectivity index (χ1n) is 7.32. The van der Waals surface area contributed by atoms with Gasteiger partial charge in [-0.15, -0.1) is 21.5 Å². The second-order valence-corrected chi connectivity index (χ2v) is 5.85. The standard InChI is InChI=1S/C13H19N7OS/c1-2-18-10-16-17-11(18)9-15-12(21)19-4-6-20(7-5-19)13-14-3-8-22-13/h3,8,10H,2,4-7,9H2,1H3,(H,15,21). The Bertz CT molecular complexity index is 604. The Hall–Kier alpha value is -2.16. The molecule has 0 saturated carbocycles. The summed E-state index contributed by atoms with van der Waals surface area (Å²) < 4.78 is 1.92. The summed E-state index contributed by atoms with van der Waals surface area (Å²) in [5.74, 6) is 0.775. The number of nitrogens with one attached hydrogen (secondary N) is 1. The van der Waals surface area contributed by atoms with Crippen molar-refractivity contribution in [2.24, 2.45) is 0 Å². The molecular weight excluding hydrogens is 302 g/mol. The number of amides is 2. The van der Waals surface area contributed by atoms with Gasteiger partial charge in [-0.25, -0.2) is 9.78 Å². The van der Waals surface area contributed by atoms with Gasteiger partial charge in [0, 0.05) is 44.3 Å². The van der Waals surface area contributed by atoms with E-state index in [1.54, 1.807) is 17.7 Å². The van der Waals surface area contributed by atoms with Gasteiger partial charge >= 0.3 is 6.03 Å². The second-order valence-electron chi connectivity index (χ2n) is 4.98. The number of thiazole rings is 1. The molecule has 2 amide bonds. The van der Waals surface area contributed by atoms with Crippen LogP contribution in [0.1, 0.15) is 12.7 Å². The Labute approximate surface area is 132 Å². The van der Waals surface area contributed by atoms with Gasteiger partial charge in [0.25, 0.3) is 0 Å². The average Bonchev–Trinajstić information content (AvgIpc) is 3.24. The third-order valence-electron chi connectivity index (χ3n) is 3.69. The molecular formula is C13H19N7OS. The number of carbonyl (C=O) groups excluding carboxylic acids is 1. The molecule has 2 aromatic rings. The molecule has 22 heavy (non-hydrogen) atoms. The number of aryl methyl sites for hydroxylation is 1. The first-order chi connectivity index (χ1) is 10.8. The van der Waals surface area contributed by atoms with Crippen LogP contribution in [-0.4, -0.2) is 56.9 Å². The van der Waals surface area contributed by atoms with Crippen molar-refractivity contribution in [3.05, 3.63) is 23.7 Å². The number of piperazine rings is 1. The van der Waals surface area contributed by atoms with E-state index in [4.69, 9.17) is 0 Å². The number of aromatic nitrogens is 4. The Kier molecular flexibility index (Phi) is 4.52. The molecule has 9 heteroatoms. The number of urea groups is 1. The SMILES string of the molecule is CCn1cnnc1CNC(=O)N1CCN(c2nccs2)CC1. The maximum atomic E-state index is 12.2. The molecule has 118 valence electrons. The third-order valence-corrected chi connectivity index (χ3v) is 4.52. The molecule has 1 saturated heterocycles. The number of nitrogens with zero attached hydrogens (tertiary/aromatic N) is 6. The van der Waals surface area contributed by atoms with Crippen LogP contribution >= 0.6 is 11.3 Å². The second kappa shape index (κ2) is 6.73. The molecule has 3 heterocycles. The van der Waals surface area contributed by atoms with Gasteiger partial charge in [-0.05, 0) is 6.92 Å². The molecule has 3 rings (SSSR count). The van der Waals surface area contributed by atoms with Gasteiger partial charge in [0.1, 0.15) is 6.33 Å². The van der Waals surface area contributed by atoms with Crippen molar-refractivity contribution in [3.63, 3.8) is 0 Å². The Morgan fingerprint density at radius 1 is 1.36 bits per heavy atom. The van der Waals surface area contributed by atoms with E-state index in [-0.39, 0.29) is 6.03 Å². The lowest BCUT2D eigenvalue weighted by Crippen LogP contribution is -2.51. The molecule has 1 fully saturated rings. The summed E-state index contributed by atoms with van der Waals surface area (Å²) >= 11 is 1.63. The molecule has 0 bridgehead atoms. The molecule has 8 nitrogen and oxygen atoms in total. The highest BCUT2D eigenvalue weighted by Crippen LogP contribution is 2.18. The molecule has 2 aromatic heterocycles. The number of hydrogen-bond donors (Lipinski definition) is 1. The Morgan fingerprint density at radius 2 is 2.18 bits per heavy atom. The minimum Gasteiger partial charge on any atom is -0.345 e. The number of hydrogen-bond acceptors (Lipinski definition) is 6. The molecule has 0 aromatic carbocycles. The lowest BCUT2D eigenvalue weighted by atomic mass is 10.3. The van der Waals surface area contributed by atoms with E-state index >= 15 is 0 Å². The zero-order chi connectivity index (χ0) is 15.4. The zero-order valence-electron chi connectivity index (χ0n) is 12.5. The van der Waals surface area contributed by atoms with E-state index in [0.29, 0.717) is 19.6 Å². The molecule has 0 unspecified atom stereocenters. The molecule has 0 radical (unpaired) electrons. The van der Waals surface area contributed by atoms with Crippen molar-refractivity contribution in [1.29, 1.82) is 0 Å². The van der Waals surface area contributed by atoms with Crippen LogP contribution in [-0.2, 0) is 13.1 Å². The van der Waals surface area contributed by atoms with Crippen molar-refractivity contribution in [2.45, 2.75) is 20.0 Å². The van der Waals surface area contributed by atoms with Gasteiger partial charge in [-0.3, -0.25) is 0 Å². The highest BCUT2D eigenvalue weighted by molar-refractivity contribution is 7.13. The van der Waals surface area contributed by atoms with Gasteiger partial charge in [-0.2, -0.15) is 0 Å². The Morgan fingerprint density at radius 3 is 2.86 bits per heavy atom. The lowest BCUT2D eigenvalue weighted by molar-refractivity contribution is 0.193. The van der Waals surface area contributed by atoms with E-state index in [9.17, 15) is 4.79 Å². The van der Waals surface area contributed by atoms with E-state index in [1.165, 1.54) is 0 Å². The van der Waals surface area contributed by atoms with E-state index in [1.807, 2.05) is 28.0 Å². The average molecular weight is 321 g/mol. The first kappa shape index (κ1) is 14.8. The fourth-order valence-electron chi connectivity index (χ4n) is 2.42. The highest BCUT2D eigenvalue weighted by atomic mass is 32.1. The van der Waals surface area contributed by atoms with Gasteiger partial charge in [-0.1, -0.05) is 0 Å². The molecule has 1 N–H and O–H groups in total. The molecule has 0 atom stereocenters. The van der Waals surface area contributed by atoms with Crippen LogP contribution in [0.4, 0.5) is 9.93 Å². The minimum atomic E-state index is -0.0514. The normalized spacial score (nSPS) is 15.1. The smallest absolute Gasteiger partial charge is 0.317 e. The molecule has 1 aliphatic heterocycles. The maximum Gasteiger partial charge on any atom is 0.317 e. The Balaban J connectivity index is 1.48. The number of carbonyl (C=O) groups is 1. The molecule has 1 aliphatic rings. The molecule has 0 aliphatic carbocycles. The third kappa shape index (κ3) is 3.19. The first-order valence-corrected chi connectivity index (χ1v) is 8.19. The summed E-state index contributed by atoms with van der Waals surface area (Å²) in [5.41, 5.74) is 0. The van der Waals surface area contributed by atoms with Crippen LogP contribution in [0, 0.1) is 0 Å². The summed E-state index contributed by atoms with van der Waals surface area (Å²) in [6.45, 7) is 6.24. The van der Waals surface area contributed by atoms with Crippen molar-refractivity contribution >= 4 is 22.5 Å². The summed E-state index contributed by atoms with van der Waals surface area (Å²) in [5, 5.41) is 13.8. The van der Waals surface area contributed by atoms with Crippen molar-refractivity contribution < 1.29 is 4.79 Å². The fourth-order valence-corrected chi connectivity index (χ4v) is 3.12. The van der Waals surface area contributed by atoms with Crippen molar-refractivity contribution in [3.8, 4) is 0 Å². The number of rotatable bonds is 4. The zero-order valence-corrected chi connectivity index (χ0v) is 13.3. The van der Waals surface area contributed by atoms with Crippen LogP contribution in [0.5, 0.6) is 0 Å². The van der Waals surface area contributed by atoms with E-state index in [0.717, 1.165) is 30.6 Å². The summed E-state index contributed by atoms with van der Waals surface area (Å²) in [6, 6.07) is -0.0514. The minimum absolute atomic E-state index is 0.0514. The van der Waals surface area contributed by atoms with Crippen LogP contribution < -0.4 is 10.2 Å². The topological polar surface area (TPSA) is 79.2 Å². The van der Waals surface area contributed by atoms with Crippen LogP contribution in [0.2, 0.25) is 0 Å².